The summed E-state index contributed by atoms with van der Waals surface area (Å²) in [6, 6.07) is 8.27. The van der Waals surface area contributed by atoms with Crippen LogP contribution in [-0.2, 0) is 16.1 Å². The molecule has 1 saturated carbocycles. The lowest BCUT2D eigenvalue weighted by atomic mass is 9.54. The summed E-state index contributed by atoms with van der Waals surface area (Å²) in [4.78, 5) is 17.4. The lowest BCUT2D eigenvalue weighted by Crippen LogP contribution is -2.76. The number of benzene rings is 1. The number of nitrogens with zero attached hydrogens (tertiary/aromatic N) is 2. The average Bonchev–Trinajstić information content (AvgIpc) is 2.73. The Labute approximate surface area is 169 Å². The van der Waals surface area contributed by atoms with Gasteiger partial charge in [-0.2, -0.15) is 0 Å². The number of ether oxygens (including phenoxy) is 1. The van der Waals surface area contributed by atoms with Crippen LogP contribution in [0.4, 0.5) is 5.69 Å². The first-order valence-corrected chi connectivity index (χ1v) is 8.80. The number of anilines is 1. The Hall–Kier alpha value is -1.01. The summed E-state index contributed by atoms with van der Waals surface area (Å²) < 4.78 is 5.77. The number of para-hydroxylation sites is 1. The van der Waals surface area contributed by atoms with E-state index in [-0.39, 0.29) is 42.2 Å². The van der Waals surface area contributed by atoms with Gasteiger partial charge in [-0.3, -0.25) is 4.79 Å². The maximum Gasteiger partial charge on any atom is 0.243 e. The van der Waals surface area contributed by atoms with E-state index in [0.717, 1.165) is 6.54 Å². The molecule has 1 fully saturated rings. The lowest BCUT2D eigenvalue weighted by molar-refractivity contribution is -0.179. The molecule has 148 valence electrons. The lowest BCUT2D eigenvalue weighted by Gasteiger charge is -2.58. The SMILES string of the molecule is CCOC1CC(N)(C(=O)N2CCN(C)c3ccccc3C2)C1(C)C.Cl.Cl. The van der Waals surface area contributed by atoms with Crippen LogP contribution in [0.15, 0.2) is 24.3 Å². The molecule has 3 rings (SSSR count). The quantitative estimate of drug-likeness (QED) is 0.842. The van der Waals surface area contributed by atoms with Crippen LogP contribution in [0.2, 0.25) is 0 Å². The first kappa shape index (κ1) is 23.0. The van der Waals surface area contributed by atoms with Gasteiger partial charge in [0.2, 0.25) is 5.91 Å². The molecule has 2 aliphatic rings. The number of carbonyl (C=O) groups excluding carboxylic acids is 1. The fourth-order valence-corrected chi connectivity index (χ4v) is 3.95. The highest BCUT2D eigenvalue weighted by Crippen LogP contribution is 2.50. The van der Waals surface area contributed by atoms with Crippen LogP contribution in [0.3, 0.4) is 0 Å². The van der Waals surface area contributed by atoms with Gasteiger partial charge in [0.1, 0.15) is 5.54 Å². The molecular weight excluding hydrogens is 373 g/mol. The third-order valence-corrected chi connectivity index (χ3v) is 5.97. The molecule has 0 bridgehead atoms. The molecule has 0 saturated heterocycles. The molecule has 1 aliphatic carbocycles. The Balaban J connectivity index is 0.00000169. The number of hydrogen-bond acceptors (Lipinski definition) is 4. The molecule has 0 spiro atoms. The normalized spacial score (nSPS) is 26.6. The largest absolute Gasteiger partial charge is 0.378 e. The Kier molecular flexibility index (Phi) is 7.39. The van der Waals surface area contributed by atoms with E-state index in [1.807, 2.05) is 37.8 Å². The van der Waals surface area contributed by atoms with Crippen LogP contribution in [0.1, 0.15) is 32.8 Å². The van der Waals surface area contributed by atoms with Gasteiger partial charge in [-0.1, -0.05) is 32.0 Å². The van der Waals surface area contributed by atoms with Crippen molar-refractivity contribution in [2.24, 2.45) is 11.1 Å². The number of carbonyl (C=O) groups is 1. The molecule has 1 aromatic carbocycles. The van der Waals surface area contributed by atoms with E-state index in [1.54, 1.807) is 0 Å². The van der Waals surface area contributed by atoms with Crippen molar-refractivity contribution >= 4 is 36.4 Å². The van der Waals surface area contributed by atoms with Gasteiger partial charge in [-0.25, -0.2) is 0 Å². The van der Waals surface area contributed by atoms with Crippen LogP contribution in [-0.4, -0.2) is 49.2 Å². The molecule has 0 radical (unpaired) electrons. The van der Waals surface area contributed by atoms with E-state index in [1.165, 1.54) is 11.3 Å². The van der Waals surface area contributed by atoms with Crippen LogP contribution in [0.25, 0.3) is 0 Å². The van der Waals surface area contributed by atoms with Crippen molar-refractivity contribution < 1.29 is 9.53 Å². The Morgan fingerprint density at radius 2 is 1.92 bits per heavy atom. The first-order chi connectivity index (χ1) is 11.3. The van der Waals surface area contributed by atoms with Gasteiger partial charge >= 0.3 is 0 Å². The third kappa shape index (κ3) is 3.55. The van der Waals surface area contributed by atoms with Gasteiger partial charge < -0.3 is 20.3 Å². The molecule has 2 unspecified atom stereocenters. The summed E-state index contributed by atoms with van der Waals surface area (Å²) in [5, 5.41) is 0. The molecule has 26 heavy (non-hydrogen) atoms. The molecular formula is C19H31Cl2N3O2. The van der Waals surface area contributed by atoms with Crippen molar-refractivity contribution in [3.05, 3.63) is 29.8 Å². The number of amides is 1. The fourth-order valence-electron chi connectivity index (χ4n) is 3.95. The van der Waals surface area contributed by atoms with Crippen molar-refractivity contribution in [1.29, 1.82) is 0 Å². The zero-order chi connectivity index (χ0) is 17.5. The molecule has 1 aliphatic heterocycles. The fraction of sp³-hybridized carbons (Fsp3) is 0.632. The van der Waals surface area contributed by atoms with E-state index in [4.69, 9.17) is 10.5 Å². The molecule has 0 aromatic heterocycles. The summed E-state index contributed by atoms with van der Waals surface area (Å²) in [7, 11) is 2.07. The maximum atomic E-state index is 13.3. The van der Waals surface area contributed by atoms with Gasteiger partial charge in [0.25, 0.3) is 0 Å². The first-order valence-electron chi connectivity index (χ1n) is 8.80. The standard InChI is InChI=1S/C19H29N3O2.2ClH/c1-5-24-16-12-19(20,18(16,2)3)17(23)22-11-10-21(4)15-9-7-6-8-14(15)13-22;;/h6-9,16H,5,10-13,20H2,1-4H3;2*1H. The van der Waals surface area contributed by atoms with E-state index >= 15 is 0 Å². The smallest absolute Gasteiger partial charge is 0.243 e. The number of likely N-dealkylation sites (N-methyl/N-ethyl adjacent to an activating group) is 1. The van der Waals surface area contributed by atoms with E-state index < -0.39 is 5.54 Å². The zero-order valence-electron chi connectivity index (χ0n) is 16.0. The van der Waals surface area contributed by atoms with E-state index in [9.17, 15) is 4.79 Å². The second-order valence-corrected chi connectivity index (χ2v) is 7.62. The highest BCUT2D eigenvalue weighted by Gasteiger charge is 2.63. The second-order valence-electron chi connectivity index (χ2n) is 7.62. The summed E-state index contributed by atoms with van der Waals surface area (Å²) in [5.74, 6) is 0.0496. The van der Waals surface area contributed by atoms with Crippen molar-refractivity contribution in [3.8, 4) is 0 Å². The second kappa shape index (κ2) is 8.34. The Morgan fingerprint density at radius 1 is 1.27 bits per heavy atom. The predicted octanol–water partition coefficient (Wildman–Crippen LogP) is 2.84. The topological polar surface area (TPSA) is 58.8 Å². The third-order valence-electron chi connectivity index (χ3n) is 5.97. The minimum absolute atomic E-state index is 0. The van der Waals surface area contributed by atoms with Crippen LogP contribution in [0.5, 0.6) is 0 Å². The number of fused-ring (bicyclic) bond motifs is 1. The highest BCUT2D eigenvalue weighted by molar-refractivity contribution is 5.89. The molecule has 1 amide bonds. The number of rotatable bonds is 3. The van der Waals surface area contributed by atoms with Crippen molar-refractivity contribution in [2.75, 3.05) is 31.6 Å². The number of hydrogen-bond donors (Lipinski definition) is 1. The molecule has 1 aromatic rings. The maximum absolute atomic E-state index is 13.3. The summed E-state index contributed by atoms with van der Waals surface area (Å²) in [6.07, 6.45) is 0.652. The molecule has 2 atom stereocenters. The minimum atomic E-state index is -0.843. The summed E-state index contributed by atoms with van der Waals surface area (Å²) in [6.45, 7) is 8.86. The van der Waals surface area contributed by atoms with Crippen molar-refractivity contribution in [1.82, 2.24) is 4.90 Å². The average molecular weight is 404 g/mol. The Bertz CT molecular complexity index is 641. The van der Waals surface area contributed by atoms with Gasteiger partial charge in [-0.05, 0) is 18.6 Å². The number of halogens is 2. The minimum Gasteiger partial charge on any atom is -0.378 e. The van der Waals surface area contributed by atoms with Gasteiger partial charge in [-0.15, -0.1) is 24.8 Å². The molecule has 5 nitrogen and oxygen atoms in total. The van der Waals surface area contributed by atoms with Gasteiger partial charge in [0.05, 0.1) is 6.10 Å². The molecule has 7 heteroatoms. The van der Waals surface area contributed by atoms with Gasteiger partial charge in [0, 0.05) is 50.8 Å². The summed E-state index contributed by atoms with van der Waals surface area (Å²) in [5.41, 5.74) is 7.77. The van der Waals surface area contributed by atoms with Crippen molar-refractivity contribution in [2.45, 2.75) is 45.4 Å². The van der Waals surface area contributed by atoms with Gasteiger partial charge in [0.15, 0.2) is 0 Å². The van der Waals surface area contributed by atoms with Crippen LogP contribution in [0, 0.1) is 5.41 Å². The monoisotopic (exact) mass is 403 g/mol. The van der Waals surface area contributed by atoms with Crippen LogP contribution >= 0.6 is 24.8 Å². The van der Waals surface area contributed by atoms with E-state index in [2.05, 4.69) is 24.1 Å². The predicted molar refractivity (Wildman–Crippen MR) is 110 cm³/mol. The molecule has 2 N–H and O–H groups in total. The Morgan fingerprint density at radius 3 is 2.54 bits per heavy atom. The number of nitrogens with two attached hydrogens (primary N) is 1. The zero-order valence-corrected chi connectivity index (χ0v) is 17.7. The highest BCUT2D eigenvalue weighted by atomic mass is 35.5. The molecule has 1 heterocycles. The van der Waals surface area contributed by atoms with Crippen LogP contribution < -0.4 is 10.6 Å². The van der Waals surface area contributed by atoms with Crippen molar-refractivity contribution in [3.63, 3.8) is 0 Å². The summed E-state index contributed by atoms with van der Waals surface area (Å²) >= 11 is 0. The van der Waals surface area contributed by atoms with E-state index in [0.29, 0.717) is 26.1 Å².